The molecule has 5 nitrogen and oxygen atoms in total. The molecule has 0 aromatic heterocycles. The number of hydrogen-bond acceptors (Lipinski definition) is 6. The van der Waals surface area contributed by atoms with Gasteiger partial charge in [0.25, 0.3) is 0 Å². The molecule has 4 aliphatic carbocycles. The molecule has 0 aromatic rings. The van der Waals surface area contributed by atoms with Crippen molar-refractivity contribution < 1.29 is 10.0 Å². The summed E-state index contributed by atoms with van der Waals surface area (Å²) in [5.41, 5.74) is 6.88. The third-order valence-electron chi connectivity index (χ3n) is 9.09. The fourth-order valence-corrected chi connectivity index (χ4v) is 9.10. The van der Waals surface area contributed by atoms with Gasteiger partial charge < -0.3 is 10.9 Å². The van der Waals surface area contributed by atoms with E-state index in [4.69, 9.17) is 10.7 Å². The van der Waals surface area contributed by atoms with E-state index in [-0.39, 0.29) is 16.4 Å². The van der Waals surface area contributed by atoms with Gasteiger partial charge in [-0.1, -0.05) is 30.8 Å². The largest absolute Gasteiger partial charge is 0.411 e. The standard InChI is InChI=1S/C20H29N3O2S/c1-18-7-6-14-12(13(18)3-4-15(18)24)9-16-20(22-17(21)26-16)10-11(23-25)5-8-19(14,20)2/h12-14,16,25H,3-10H2,1-2H3,(H2,21,22)/b23-11+/t12-,13-,14-,16-,18-,19+,20-/m0/s1. The van der Waals surface area contributed by atoms with Crippen LogP contribution in [0.1, 0.15) is 65.2 Å². The first kappa shape index (κ1) is 17.1. The molecule has 0 radical (unpaired) electrons. The Kier molecular flexibility index (Phi) is 3.46. The van der Waals surface area contributed by atoms with Gasteiger partial charge in [-0.2, -0.15) is 0 Å². The number of thioether (sulfide) groups is 1. The quantitative estimate of drug-likeness (QED) is 0.500. The Hall–Kier alpha value is -1.04. The molecule has 5 aliphatic rings. The van der Waals surface area contributed by atoms with Crippen molar-refractivity contribution >= 4 is 28.4 Å². The van der Waals surface area contributed by atoms with E-state index >= 15 is 0 Å². The van der Waals surface area contributed by atoms with Crippen LogP contribution in [-0.2, 0) is 4.79 Å². The lowest BCUT2D eigenvalue weighted by Crippen LogP contribution is -2.65. The topological polar surface area (TPSA) is 88.0 Å². The Bertz CT molecular complexity index is 737. The Balaban J connectivity index is 1.59. The summed E-state index contributed by atoms with van der Waals surface area (Å²) in [6, 6.07) is 0. The molecule has 0 bridgehead atoms. The van der Waals surface area contributed by atoms with E-state index in [0.29, 0.717) is 34.0 Å². The molecular formula is C20H29N3O2S. The van der Waals surface area contributed by atoms with Crippen LogP contribution in [0.25, 0.3) is 0 Å². The van der Waals surface area contributed by atoms with Gasteiger partial charge in [0.05, 0.1) is 11.3 Å². The van der Waals surface area contributed by atoms with Crippen LogP contribution in [0, 0.1) is 28.6 Å². The molecule has 1 aliphatic heterocycles. The van der Waals surface area contributed by atoms with Crippen molar-refractivity contribution in [1.29, 1.82) is 0 Å². The minimum Gasteiger partial charge on any atom is -0.411 e. The van der Waals surface area contributed by atoms with E-state index in [0.717, 1.165) is 57.1 Å². The molecule has 5 rings (SSSR count). The molecule has 26 heavy (non-hydrogen) atoms. The number of nitrogens with zero attached hydrogens (tertiary/aromatic N) is 2. The first-order valence-electron chi connectivity index (χ1n) is 10.1. The highest BCUT2D eigenvalue weighted by Gasteiger charge is 2.69. The number of amidine groups is 1. The van der Waals surface area contributed by atoms with Crippen LogP contribution < -0.4 is 5.73 Å². The normalized spacial score (nSPS) is 54.3. The molecule has 4 fully saturated rings. The number of Topliss-reactive ketones (excluding diaryl/α,β-unsaturated/α-hetero) is 1. The van der Waals surface area contributed by atoms with Gasteiger partial charge in [0.15, 0.2) is 5.17 Å². The average molecular weight is 376 g/mol. The smallest absolute Gasteiger partial charge is 0.154 e. The summed E-state index contributed by atoms with van der Waals surface area (Å²) in [5, 5.41) is 14.1. The molecule has 1 spiro atoms. The van der Waals surface area contributed by atoms with Gasteiger partial charge in [0.2, 0.25) is 0 Å². The number of hydrogen-bond donors (Lipinski definition) is 2. The molecule has 0 saturated heterocycles. The van der Waals surface area contributed by atoms with Gasteiger partial charge in [-0.15, -0.1) is 0 Å². The fraction of sp³-hybridized carbons (Fsp3) is 0.850. The van der Waals surface area contributed by atoms with E-state index in [1.54, 1.807) is 11.8 Å². The van der Waals surface area contributed by atoms with Crippen LogP contribution in [0.5, 0.6) is 0 Å². The van der Waals surface area contributed by atoms with Crippen LogP contribution in [0.2, 0.25) is 0 Å². The highest BCUT2D eigenvalue weighted by molar-refractivity contribution is 8.14. The lowest BCUT2D eigenvalue weighted by molar-refractivity contribution is -0.137. The van der Waals surface area contributed by atoms with Crippen LogP contribution in [0.15, 0.2) is 10.1 Å². The van der Waals surface area contributed by atoms with Gasteiger partial charge in [0, 0.05) is 23.5 Å². The third kappa shape index (κ3) is 1.87. The summed E-state index contributed by atoms with van der Waals surface area (Å²) in [4.78, 5) is 17.7. The minimum absolute atomic E-state index is 0.0792. The first-order valence-corrected chi connectivity index (χ1v) is 11.0. The van der Waals surface area contributed by atoms with E-state index < -0.39 is 0 Å². The van der Waals surface area contributed by atoms with Gasteiger partial charge in [0.1, 0.15) is 5.78 Å². The van der Waals surface area contributed by atoms with Crippen LogP contribution in [0.3, 0.4) is 0 Å². The van der Waals surface area contributed by atoms with E-state index in [2.05, 4.69) is 19.0 Å². The number of nitrogens with two attached hydrogens (primary N) is 1. The summed E-state index contributed by atoms with van der Waals surface area (Å²) < 4.78 is 0. The predicted molar refractivity (Wildman–Crippen MR) is 104 cm³/mol. The second-order valence-corrected chi connectivity index (χ2v) is 11.0. The molecule has 0 unspecified atom stereocenters. The monoisotopic (exact) mass is 375 g/mol. The van der Waals surface area contributed by atoms with E-state index in [9.17, 15) is 10.0 Å². The molecule has 3 N–H and O–H groups in total. The maximum Gasteiger partial charge on any atom is 0.154 e. The zero-order chi connectivity index (χ0) is 18.3. The van der Waals surface area contributed by atoms with Crippen molar-refractivity contribution in [2.24, 2.45) is 44.5 Å². The molecule has 0 amide bonds. The molecule has 7 atom stereocenters. The van der Waals surface area contributed by atoms with Gasteiger partial charge in [-0.3, -0.25) is 9.79 Å². The summed E-state index contributed by atoms with van der Waals surface area (Å²) >= 11 is 1.73. The van der Waals surface area contributed by atoms with Crippen molar-refractivity contribution in [1.82, 2.24) is 0 Å². The Morgan fingerprint density at radius 1 is 1.23 bits per heavy atom. The van der Waals surface area contributed by atoms with Crippen molar-refractivity contribution in [2.75, 3.05) is 0 Å². The minimum atomic E-state index is -0.223. The molecule has 142 valence electrons. The van der Waals surface area contributed by atoms with Crippen LogP contribution in [0.4, 0.5) is 0 Å². The van der Waals surface area contributed by atoms with Crippen LogP contribution in [-0.4, -0.2) is 32.7 Å². The van der Waals surface area contributed by atoms with Crippen molar-refractivity contribution in [2.45, 2.75) is 76.0 Å². The predicted octanol–water partition coefficient (Wildman–Crippen LogP) is 3.59. The van der Waals surface area contributed by atoms with Crippen molar-refractivity contribution in [3.05, 3.63) is 0 Å². The molecule has 0 aromatic carbocycles. The second kappa shape index (κ2) is 5.27. The van der Waals surface area contributed by atoms with Gasteiger partial charge >= 0.3 is 0 Å². The maximum absolute atomic E-state index is 12.6. The summed E-state index contributed by atoms with van der Waals surface area (Å²) in [6.45, 7) is 4.66. The molecule has 1 heterocycles. The molecule has 4 saturated carbocycles. The fourth-order valence-electron chi connectivity index (χ4n) is 7.67. The lowest BCUT2D eigenvalue weighted by atomic mass is 9.42. The number of ketones is 1. The summed E-state index contributed by atoms with van der Waals surface area (Å²) in [5.74, 6) is 2.22. The first-order chi connectivity index (χ1) is 12.3. The lowest BCUT2D eigenvalue weighted by Gasteiger charge is -2.64. The number of carbonyl (C=O) groups excluding carboxylic acids is 1. The Labute approximate surface area is 159 Å². The maximum atomic E-state index is 12.6. The number of oxime groups is 1. The zero-order valence-electron chi connectivity index (χ0n) is 15.7. The van der Waals surface area contributed by atoms with Crippen molar-refractivity contribution in [3.8, 4) is 0 Å². The molecular weight excluding hydrogens is 346 g/mol. The summed E-state index contributed by atoms with van der Waals surface area (Å²) in [6.07, 6.45) is 7.69. The highest BCUT2D eigenvalue weighted by Crippen LogP contribution is 2.69. The summed E-state index contributed by atoms with van der Waals surface area (Å²) in [7, 11) is 0. The van der Waals surface area contributed by atoms with E-state index in [1.165, 1.54) is 0 Å². The molecule has 6 heteroatoms. The Morgan fingerprint density at radius 2 is 2.04 bits per heavy atom. The number of aliphatic imine (C=N–C) groups is 1. The third-order valence-corrected chi connectivity index (χ3v) is 10.3. The SMILES string of the molecule is C[C@]12CC[C@H]3[C@@H](C[C@@H]4SC(N)=N[C@@]45C/C(=N/O)CC[C@]35C)[C@@H]1CCC2=O. The van der Waals surface area contributed by atoms with Crippen LogP contribution >= 0.6 is 11.8 Å². The zero-order valence-corrected chi connectivity index (χ0v) is 16.5. The van der Waals surface area contributed by atoms with Gasteiger partial charge in [-0.25, -0.2) is 0 Å². The number of rotatable bonds is 0. The van der Waals surface area contributed by atoms with Crippen molar-refractivity contribution in [3.63, 3.8) is 0 Å². The van der Waals surface area contributed by atoms with Gasteiger partial charge in [-0.05, 0) is 61.7 Å². The number of carbonyl (C=O) groups is 1. The van der Waals surface area contributed by atoms with E-state index in [1.807, 2.05) is 0 Å². The average Bonchev–Trinajstić information content (AvgIpc) is 3.09. The number of fused-ring (bicyclic) bond motifs is 4. The Morgan fingerprint density at radius 3 is 2.81 bits per heavy atom. The second-order valence-electron chi connectivity index (χ2n) is 9.77. The highest BCUT2D eigenvalue weighted by atomic mass is 32.2.